The molecule has 2 N–H and O–H groups in total. The van der Waals surface area contributed by atoms with Crippen molar-refractivity contribution >= 4 is 5.78 Å². The Labute approximate surface area is 101 Å². The highest BCUT2D eigenvalue weighted by Gasteiger charge is 2.58. The van der Waals surface area contributed by atoms with Crippen LogP contribution in [0.15, 0.2) is 0 Å². The highest BCUT2D eigenvalue weighted by Crippen LogP contribution is 2.35. The van der Waals surface area contributed by atoms with Crippen LogP contribution in [0.5, 0.6) is 0 Å². The van der Waals surface area contributed by atoms with Crippen molar-refractivity contribution in [3.8, 4) is 0 Å². The van der Waals surface area contributed by atoms with E-state index in [2.05, 4.69) is 6.92 Å². The molecule has 2 heterocycles. The summed E-state index contributed by atoms with van der Waals surface area (Å²) in [5.41, 5.74) is -1.56. The first-order chi connectivity index (χ1) is 8.09. The van der Waals surface area contributed by atoms with Gasteiger partial charge >= 0.3 is 0 Å². The first-order valence-corrected chi connectivity index (χ1v) is 6.26. The van der Waals surface area contributed by atoms with Crippen LogP contribution in [-0.4, -0.2) is 53.1 Å². The van der Waals surface area contributed by atoms with Gasteiger partial charge in [-0.3, -0.25) is 4.79 Å². The first-order valence-electron chi connectivity index (χ1n) is 6.26. The van der Waals surface area contributed by atoms with Crippen molar-refractivity contribution in [2.24, 2.45) is 0 Å². The molecule has 0 aliphatic carbocycles. The lowest BCUT2D eigenvalue weighted by Crippen LogP contribution is -2.50. The number of aliphatic hydroxyl groups excluding tert-OH is 1. The van der Waals surface area contributed by atoms with E-state index in [9.17, 15) is 15.0 Å². The van der Waals surface area contributed by atoms with Crippen LogP contribution in [0.1, 0.15) is 32.6 Å². The molecule has 2 rings (SSSR count). The van der Waals surface area contributed by atoms with Crippen LogP contribution in [0.4, 0.5) is 0 Å². The standard InChI is InChI=1S/C12H20O5/c1-2-3-4-5-9(14)12(15)7-17-10-8(13)6-16-11(10)12/h8,10-11,13,15H,2-7H2,1H3/t8-,10-,11+,12-/m1/s1. The second-order valence-electron chi connectivity index (χ2n) is 4.90. The van der Waals surface area contributed by atoms with Gasteiger partial charge in [-0.1, -0.05) is 19.8 Å². The predicted molar refractivity (Wildman–Crippen MR) is 59.6 cm³/mol. The van der Waals surface area contributed by atoms with Crippen molar-refractivity contribution < 1.29 is 24.5 Å². The maximum Gasteiger partial charge on any atom is 0.174 e. The van der Waals surface area contributed by atoms with Gasteiger partial charge in [0.2, 0.25) is 0 Å². The van der Waals surface area contributed by atoms with Crippen molar-refractivity contribution in [2.75, 3.05) is 13.2 Å². The summed E-state index contributed by atoms with van der Waals surface area (Å²) in [7, 11) is 0. The van der Waals surface area contributed by atoms with Gasteiger partial charge in [0, 0.05) is 6.42 Å². The molecule has 4 atom stereocenters. The summed E-state index contributed by atoms with van der Waals surface area (Å²) >= 11 is 0. The molecule has 5 nitrogen and oxygen atoms in total. The molecule has 0 aromatic carbocycles. The van der Waals surface area contributed by atoms with E-state index < -0.39 is 23.9 Å². The van der Waals surface area contributed by atoms with Gasteiger partial charge in [0.15, 0.2) is 11.4 Å². The van der Waals surface area contributed by atoms with Crippen LogP contribution < -0.4 is 0 Å². The van der Waals surface area contributed by atoms with Crippen LogP contribution in [0.25, 0.3) is 0 Å². The van der Waals surface area contributed by atoms with Gasteiger partial charge in [-0.25, -0.2) is 0 Å². The lowest BCUT2D eigenvalue weighted by atomic mass is 9.89. The van der Waals surface area contributed by atoms with Crippen molar-refractivity contribution in [3.05, 3.63) is 0 Å². The molecule has 0 bridgehead atoms. The molecule has 0 aromatic heterocycles. The zero-order chi connectivity index (χ0) is 12.5. The summed E-state index contributed by atoms with van der Waals surface area (Å²) in [6, 6.07) is 0. The number of ether oxygens (including phenoxy) is 2. The molecule has 0 spiro atoms. The quantitative estimate of drug-likeness (QED) is 0.667. The summed E-state index contributed by atoms with van der Waals surface area (Å²) < 4.78 is 10.6. The number of unbranched alkanes of at least 4 members (excludes halogenated alkanes) is 2. The second-order valence-corrected chi connectivity index (χ2v) is 4.90. The Hall–Kier alpha value is -0.490. The van der Waals surface area contributed by atoms with E-state index >= 15 is 0 Å². The topological polar surface area (TPSA) is 76.0 Å². The molecule has 2 aliphatic heterocycles. The monoisotopic (exact) mass is 244 g/mol. The minimum Gasteiger partial charge on any atom is -0.388 e. The fourth-order valence-electron chi connectivity index (χ4n) is 2.50. The highest BCUT2D eigenvalue weighted by atomic mass is 16.6. The van der Waals surface area contributed by atoms with Crippen LogP contribution in [0.3, 0.4) is 0 Å². The summed E-state index contributed by atoms with van der Waals surface area (Å²) in [6.07, 6.45) is 1.12. The summed E-state index contributed by atoms with van der Waals surface area (Å²) in [5.74, 6) is -0.229. The first kappa shape index (κ1) is 13.0. The maximum absolute atomic E-state index is 12.0. The average molecular weight is 244 g/mol. The number of fused-ring (bicyclic) bond motifs is 1. The fraction of sp³-hybridized carbons (Fsp3) is 0.917. The molecule has 98 valence electrons. The molecule has 2 saturated heterocycles. The SMILES string of the molecule is CCCCCC(=O)[C@]1(O)CO[C@@H]2[C@H](O)CO[C@@H]21. The molecule has 0 amide bonds. The Balaban J connectivity index is 1.97. The lowest BCUT2D eigenvalue weighted by Gasteiger charge is -2.25. The van der Waals surface area contributed by atoms with E-state index in [0.29, 0.717) is 6.42 Å². The van der Waals surface area contributed by atoms with Crippen molar-refractivity contribution in [1.82, 2.24) is 0 Å². The minimum atomic E-state index is -1.56. The Bertz CT molecular complexity index is 293. The molecule has 0 aromatic rings. The van der Waals surface area contributed by atoms with E-state index in [1.165, 1.54) is 0 Å². The zero-order valence-corrected chi connectivity index (χ0v) is 10.1. The van der Waals surface area contributed by atoms with Crippen molar-refractivity contribution in [2.45, 2.75) is 56.5 Å². The number of Topliss-reactive ketones (excluding diaryl/α,β-unsaturated/α-hetero) is 1. The summed E-state index contributed by atoms with van der Waals surface area (Å²) in [6.45, 7) is 2.12. The van der Waals surface area contributed by atoms with E-state index in [0.717, 1.165) is 19.3 Å². The molecular weight excluding hydrogens is 224 g/mol. The van der Waals surface area contributed by atoms with E-state index in [-0.39, 0.29) is 19.0 Å². The summed E-state index contributed by atoms with van der Waals surface area (Å²) in [4.78, 5) is 12.0. The number of hydrogen-bond acceptors (Lipinski definition) is 5. The number of ketones is 1. The Morgan fingerprint density at radius 3 is 2.88 bits per heavy atom. The Morgan fingerprint density at radius 2 is 2.18 bits per heavy atom. The Morgan fingerprint density at radius 1 is 1.41 bits per heavy atom. The smallest absolute Gasteiger partial charge is 0.174 e. The van der Waals surface area contributed by atoms with Crippen LogP contribution in [-0.2, 0) is 14.3 Å². The minimum absolute atomic E-state index is 0.0651. The average Bonchev–Trinajstić information content (AvgIpc) is 2.83. The molecule has 2 fully saturated rings. The van der Waals surface area contributed by atoms with E-state index in [1.54, 1.807) is 0 Å². The molecule has 0 radical (unpaired) electrons. The maximum atomic E-state index is 12.0. The van der Waals surface area contributed by atoms with E-state index in [4.69, 9.17) is 9.47 Å². The van der Waals surface area contributed by atoms with Gasteiger partial charge in [0.25, 0.3) is 0 Å². The van der Waals surface area contributed by atoms with Gasteiger partial charge in [0.1, 0.15) is 18.3 Å². The summed E-state index contributed by atoms with van der Waals surface area (Å²) in [5, 5.41) is 19.9. The zero-order valence-electron chi connectivity index (χ0n) is 10.1. The van der Waals surface area contributed by atoms with E-state index in [1.807, 2.05) is 0 Å². The predicted octanol–water partition coefficient (Wildman–Crippen LogP) is 0.0254. The third-order valence-electron chi connectivity index (χ3n) is 3.58. The number of aliphatic hydroxyl groups is 2. The van der Waals surface area contributed by atoms with Gasteiger partial charge in [-0.05, 0) is 6.42 Å². The second kappa shape index (κ2) is 5.02. The molecule has 2 aliphatic rings. The third-order valence-corrected chi connectivity index (χ3v) is 3.58. The normalized spacial score (nSPS) is 40.5. The third kappa shape index (κ3) is 2.25. The highest BCUT2D eigenvalue weighted by molar-refractivity contribution is 5.88. The van der Waals surface area contributed by atoms with Crippen LogP contribution in [0.2, 0.25) is 0 Å². The largest absolute Gasteiger partial charge is 0.388 e. The van der Waals surface area contributed by atoms with Crippen molar-refractivity contribution in [1.29, 1.82) is 0 Å². The van der Waals surface area contributed by atoms with Gasteiger partial charge < -0.3 is 19.7 Å². The van der Waals surface area contributed by atoms with Crippen LogP contribution in [0, 0.1) is 0 Å². The fourth-order valence-corrected chi connectivity index (χ4v) is 2.50. The number of rotatable bonds is 5. The van der Waals surface area contributed by atoms with Gasteiger partial charge in [-0.2, -0.15) is 0 Å². The molecule has 5 heteroatoms. The molecular formula is C12H20O5. The van der Waals surface area contributed by atoms with Gasteiger partial charge in [0.05, 0.1) is 13.2 Å². The molecule has 0 unspecified atom stereocenters. The van der Waals surface area contributed by atoms with Crippen LogP contribution >= 0.6 is 0 Å². The Kier molecular flexibility index (Phi) is 3.82. The lowest BCUT2D eigenvalue weighted by molar-refractivity contribution is -0.148. The van der Waals surface area contributed by atoms with Crippen molar-refractivity contribution in [3.63, 3.8) is 0 Å². The molecule has 0 saturated carbocycles. The number of carbonyl (C=O) groups excluding carboxylic acids is 1. The number of carbonyl (C=O) groups is 1. The number of hydrogen-bond donors (Lipinski definition) is 2. The van der Waals surface area contributed by atoms with Gasteiger partial charge in [-0.15, -0.1) is 0 Å². The molecule has 17 heavy (non-hydrogen) atoms.